The number of nitrogens with zero attached hydrogens (tertiary/aromatic N) is 1. The number of aliphatic carboxylic acids is 1. The van der Waals surface area contributed by atoms with Gasteiger partial charge in [-0.2, -0.15) is 0 Å². The number of fused-ring (bicyclic) bond motifs is 4. The lowest BCUT2D eigenvalue weighted by atomic mass is 9.89. The van der Waals surface area contributed by atoms with Gasteiger partial charge in [0.2, 0.25) is 0 Å². The third-order valence-electron chi connectivity index (χ3n) is 8.53. The zero-order valence-electron chi connectivity index (χ0n) is 23.3. The van der Waals surface area contributed by atoms with Crippen molar-refractivity contribution in [3.8, 4) is 17.2 Å². The van der Waals surface area contributed by atoms with Gasteiger partial charge in [-0.15, -0.1) is 0 Å². The largest absolute Gasteiger partial charge is 0.496 e. The first-order valence-electron chi connectivity index (χ1n) is 13.7. The van der Waals surface area contributed by atoms with E-state index in [2.05, 4.69) is 46.4 Å². The van der Waals surface area contributed by atoms with E-state index < -0.39 is 12.0 Å². The van der Waals surface area contributed by atoms with Crippen LogP contribution in [0.1, 0.15) is 52.5 Å². The number of nitrogens with one attached hydrogen (secondary N) is 2. The molecule has 0 fully saturated rings. The molecule has 0 spiro atoms. The van der Waals surface area contributed by atoms with E-state index in [1.54, 1.807) is 21.3 Å². The second kappa shape index (κ2) is 10.5. The van der Waals surface area contributed by atoms with Crippen molar-refractivity contribution in [2.75, 3.05) is 27.9 Å². The number of aromatic amines is 1. The van der Waals surface area contributed by atoms with Crippen molar-refractivity contribution in [1.29, 1.82) is 0 Å². The van der Waals surface area contributed by atoms with Crippen molar-refractivity contribution in [3.05, 3.63) is 88.1 Å². The van der Waals surface area contributed by atoms with Gasteiger partial charge in [0.05, 0.1) is 27.4 Å². The van der Waals surface area contributed by atoms with Crippen LogP contribution in [-0.2, 0) is 24.2 Å². The van der Waals surface area contributed by atoms with Crippen LogP contribution in [0.4, 0.5) is 0 Å². The Kier molecular flexibility index (Phi) is 6.90. The Hall–Kier alpha value is -4.01. The number of methoxy groups -OCH3 is 3. The molecule has 8 heteroatoms. The predicted molar refractivity (Wildman–Crippen MR) is 153 cm³/mol. The number of carboxylic acid groups (broad SMARTS) is 1. The molecule has 0 saturated carbocycles. The molecule has 40 heavy (non-hydrogen) atoms. The van der Waals surface area contributed by atoms with E-state index in [4.69, 9.17) is 14.2 Å². The van der Waals surface area contributed by atoms with Crippen LogP contribution in [0.3, 0.4) is 0 Å². The van der Waals surface area contributed by atoms with E-state index in [0.29, 0.717) is 13.0 Å². The van der Waals surface area contributed by atoms with Crippen LogP contribution in [0.25, 0.3) is 10.9 Å². The SMILES string of the molecule is COc1ccc([C@H]2N[C@@H](C(=O)O)Cc3c2[nH]c2ccccc32)cc1CN1CCc2cc(OC)c(OC)cc2[C@@H]1C. The fraction of sp³-hybridized carbons (Fsp3) is 0.344. The minimum absolute atomic E-state index is 0.168. The fourth-order valence-corrected chi connectivity index (χ4v) is 6.39. The molecular formula is C32H35N3O5. The first kappa shape index (κ1) is 26.2. The summed E-state index contributed by atoms with van der Waals surface area (Å²) < 4.78 is 16.9. The topological polar surface area (TPSA) is 96.0 Å². The highest BCUT2D eigenvalue weighted by atomic mass is 16.5. The van der Waals surface area contributed by atoms with Gasteiger partial charge in [-0.1, -0.05) is 24.3 Å². The maximum Gasteiger partial charge on any atom is 0.321 e. The molecule has 0 radical (unpaired) electrons. The Morgan fingerprint density at radius 3 is 2.50 bits per heavy atom. The lowest BCUT2D eigenvalue weighted by Crippen LogP contribution is -2.45. The van der Waals surface area contributed by atoms with Gasteiger partial charge >= 0.3 is 5.97 Å². The van der Waals surface area contributed by atoms with Crippen molar-refractivity contribution in [3.63, 3.8) is 0 Å². The summed E-state index contributed by atoms with van der Waals surface area (Å²) in [4.78, 5) is 18.2. The highest BCUT2D eigenvalue weighted by Crippen LogP contribution is 2.40. The predicted octanol–water partition coefficient (Wildman–Crippen LogP) is 5.00. The number of rotatable bonds is 7. The van der Waals surface area contributed by atoms with E-state index in [9.17, 15) is 9.90 Å². The Balaban J connectivity index is 1.35. The zero-order valence-corrected chi connectivity index (χ0v) is 23.3. The molecule has 208 valence electrons. The van der Waals surface area contributed by atoms with Gasteiger partial charge in [0.1, 0.15) is 11.8 Å². The van der Waals surface area contributed by atoms with Crippen LogP contribution in [0.2, 0.25) is 0 Å². The summed E-state index contributed by atoms with van der Waals surface area (Å²) >= 11 is 0. The highest BCUT2D eigenvalue weighted by molar-refractivity contribution is 5.87. The minimum Gasteiger partial charge on any atom is -0.496 e. The van der Waals surface area contributed by atoms with E-state index in [1.807, 2.05) is 30.3 Å². The molecule has 0 saturated heterocycles. The average Bonchev–Trinajstić information content (AvgIpc) is 3.36. The third-order valence-corrected chi connectivity index (χ3v) is 8.53. The molecule has 3 heterocycles. The molecule has 1 aromatic heterocycles. The second-order valence-corrected chi connectivity index (χ2v) is 10.6. The van der Waals surface area contributed by atoms with E-state index in [-0.39, 0.29) is 12.1 Å². The zero-order chi connectivity index (χ0) is 28.0. The molecule has 4 aromatic rings. The molecule has 8 nitrogen and oxygen atoms in total. The van der Waals surface area contributed by atoms with Crippen molar-refractivity contribution >= 4 is 16.9 Å². The fourth-order valence-electron chi connectivity index (χ4n) is 6.39. The van der Waals surface area contributed by atoms with Gasteiger partial charge in [-0.25, -0.2) is 0 Å². The molecule has 0 bridgehead atoms. The number of hydrogen-bond acceptors (Lipinski definition) is 6. The number of hydrogen-bond donors (Lipinski definition) is 3. The summed E-state index contributed by atoms with van der Waals surface area (Å²) in [5.41, 5.74) is 7.69. The molecule has 0 unspecified atom stereocenters. The highest BCUT2D eigenvalue weighted by Gasteiger charge is 2.34. The van der Waals surface area contributed by atoms with Crippen LogP contribution in [0.5, 0.6) is 17.2 Å². The Bertz CT molecular complexity index is 1580. The second-order valence-electron chi connectivity index (χ2n) is 10.6. The van der Waals surface area contributed by atoms with Crippen molar-refractivity contribution in [2.45, 2.75) is 44.4 Å². The number of para-hydroxylation sites is 1. The van der Waals surface area contributed by atoms with E-state index >= 15 is 0 Å². The lowest BCUT2D eigenvalue weighted by molar-refractivity contribution is -0.139. The van der Waals surface area contributed by atoms with E-state index in [1.165, 1.54) is 11.1 Å². The first-order chi connectivity index (χ1) is 19.4. The minimum atomic E-state index is -0.845. The third kappa shape index (κ3) is 4.47. The Morgan fingerprint density at radius 1 is 1.00 bits per heavy atom. The van der Waals surface area contributed by atoms with Gasteiger partial charge in [-0.05, 0) is 65.9 Å². The van der Waals surface area contributed by atoms with Gasteiger partial charge in [0.15, 0.2) is 11.5 Å². The molecule has 2 aliphatic rings. The molecular weight excluding hydrogens is 506 g/mol. The van der Waals surface area contributed by atoms with Gasteiger partial charge in [-0.3, -0.25) is 15.0 Å². The number of benzene rings is 3. The molecule has 3 aromatic carbocycles. The molecule has 3 N–H and O–H groups in total. The lowest BCUT2D eigenvalue weighted by Gasteiger charge is -2.36. The molecule has 6 rings (SSSR count). The number of ether oxygens (including phenoxy) is 3. The van der Waals surface area contributed by atoms with Crippen molar-refractivity contribution in [1.82, 2.24) is 15.2 Å². The van der Waals surface area contributed by atoms with Crippen molar-refractivity contribution in [2.24, 2.45) is 0 Å². The summed E-state index contributed by atoms with van der Waals surface area (Å²) in [5.74, 6) is 1.46. The smallest absolute Gasteiger partial charge is 0.321 e. The summed E-state index contributed by atoms with van der Waals surface area (Å²) in [6.07, 6.45) is 1.35. The molecule has 3 atom stereocenters. The molecule has 0 aliphatic carbocycles. The first-order valence-corrected chi connectivity index (χ1v) is 13.7. The summed E-state index contributed by atoms with van der Waals surface area (Å²) in [6, 6.07) is 17.7. The molecule has 2 aliphatic heterocycles. The quantitative estimate of drug-likeness (QED) is 0.303. The monoisotopic (exact) mass is 541 g/mol. The van der Waals surface area contributed by atoms with E-state index in [0.717, 1.165) is 63.5 Å². The Labute approximate surface area is 233 Å². The van der Waals surface area contributed by atoms with Crippen molar-refractivity contribution < 1.29 is 24.1 Å². The number of aromatic nitrogens is 1. The normalized spacial score (nSPS) is 20.6. The summed E-state index contributed by atoms with van der Waals surface area (Å²) in [5, 5.41) is 14.4. The molecule has 0 amide bonds. The van der Waals surface area contributed by atoms with Crippen LogP contribution in [0, 0.1) is 0 Å². The summed E-state index contributed by atoms with van der Waals surface area (Å²) in [6.45, 7) is 3.81. The van der Waals surface area contributed by atoms with Crippen LogP contribution < -0.4 is 19.5 Å². The van der Waals surface area contributed by atoms with Gasteiger partial charge in [0, 0.05) is 47.7 Å². The summed E-state index contributed by atoms with van der Waals surface area (Å²) in [7, 11) is 5.03. The maximum atomic E-state index is 12.1. The van der Waals surface area contributed by atoms with Crippen LogP contribution >= 0.6 is 0 Å². The van der Waals surface area contributed by atoms with Gasteiger partial charge < -0.3 is 24.3 Å². The van der Waals surface area contributed by atoms with Crippen LogP contribution in [0.15, 0.2) is 54.6 Å². The van der Waals surface area contributed by atoms with Gasteiger partial charge in [0.25, 0.3) is 0 Å². The Morgan fingerprint density at radius 2 is 1.75 bits per heavy atom. The number of carboxylic acids is 1. The van der Waals surface area contributed by atoms with Crippen LogP contribution in [-0.4, -0.2) is 54.9 Å². The number of H-pyrrole nitrogens is 1. The average molecular weight is 542 g/mol. The maximum absolute atomic E-state index is 12.1. The number of carbonyl (C=O) groups is 1. The standard InChI is InChI=1S/C32H35N3O5/c1-18-23-16-29(40-4)28(39-3)14-19(23)11-12-35(18)17-21-13-20(9-10-27(21)38-2)30-31-24(15-26(34-30)32(36)37)22-7-5-6-8-25(22)33-31/h5-10,13-14,16,18,26,30,33-34H,11-12,15,17H2,1-4H3,(H,36,37)/t18-,26+,30+/m0/s1.